The van der Waals surface area contributed by atoms with Gasteiger partial charge in [0, 0.05) is 18.3 Å². The number of ketones is 1. The number of anilines is 1. The average Bonchev–Trinajstić information content (AvgIpc) is 3.30. The molecule has 0 saturated heterocycles. The lowest BCUT2D eigenvalue weighted by Crippen LogP contribution is -2.63. The van der Waals surface area contributed by atoms with Crippen LogP contribution in [0, 0.1) is 5.92 Å². The van der Waals surface area contributed by atoms with Crippen LogP contribution in [0.15, 0.2) is 158 Å². The van der Waals surface area contributed by atoms with E-state index in [0.29, 0.717) is 0 Å². The normalized spacial score (nSPS) is 22.3. The van der Waals surface area contributed by atoms with E-state index in [9.17, 15) is 0 Å². The predicted molar refractivity (Wildman–Crippen MR) is 183 cm³/mol. The maximum absolute atomic E-state index is 15.3. The van der Waals surface area contributed by atoms with Crippen LogP contribution >= 0.6 is 0 Å². The molecule has 7 rings (SSSR count). The van der Waals surface area contributed by atoms with E-state index in [2.05, 4.69) is 140 Å². The third-order valence-electron chi connectivity index (χ3n) is 9.83. The molecule has 0 unspecified atom stereocenters. The molecule has 2 nitrogen and oxygen atoms in total. The van der Waals surface area contributed by atoms with Gasteiger partial charge in [-0.1, -0.05) is 153 Å². The first-order valence-electron chi connectivity index (χ1n) is 15.7. The third kappa shape index (κ3) is 4.12. The minimum atomic E-state index is -0.744. The molecule has 0 radical (unpaired) electrons. The summed E-state index contributed by atoms with van der Waals surface area (Å²) in [6, 6.07) is 50.8. The molecule has 3 atom stereocenters. The van der Waals surface area contributed by atoms with Crippen LogP contribution in [0.2, 0.25) is 0 Å². The summed E-state index contributed by atoms with van der Waals surface area (Å²) >= 11 is 0. The van der Waals surface area contributed by atoms with Crippen LogP contribution in [0.4, 0.5) is 5.69 Å². The number of carbonyl (C=O) groups excluding carboxylic acids is 1. The molecular weight excluding hydrogens is 534 g/mol. The van der Waals surface area contributed by atoms with Crippen molar-refractivity contribution in [2.45, 2.75) is 30.7 Å². The van der Waals surface area contributed by atoms with Gasteiger partial charge in [0.1, 0.15) is 0 Å². The molecule has 5 aromatic carbocycles. The summed E-state index contributed by atoms with van der Waals surface area (Å²) in [5.74, 6) is -0.343. The number of fused-ring (bicyclic) bond motifs is 1. The lowest BCUT2D eigenvalue weighted by Gasteiger charge is -2.55. The second kappa shape index (κ2) is 11.3. The monoisotopic (exact) mass is 571 g/mol. The van der Waals surface area contributed by atoms with Crippen molar-refractivity contribution >= 4 is 22.6 Å². The lowest BCUT2D eigenvalue weighted by molar-refractivity contribution is 0.0883. The zero-order valence-electron chi connectivity index (χ0n) is 25.4. The van der Waals surface area contributed by atoms with Crippen LogP contribution in [0.5, 0.6) is 0 Å². The summed E-state index contributed by atoms with van der Waals surface area (Å²) in [6.07, 6.45) is 6.57. The summed E-state index contributed by atoms with van der Waals surface area (Å²) in [7, 11) is 2.21. The highest BCUT2D eigenvalue weighted by Gasteiger charge is 2.66. The van der Waals surface area contributed by atoms with Crippen molar-refractivity contribution in [2.24, 2.45) is 5.92 Å². The van der Waals surface area contributed by atoms with Gasteiger partial charge in [-0.25, -0.2) is 0 Å². The smallest absolute Gasteiger partial charge is 0.173 e. The van der Waals surface area contributed by atoms with Gasteiger partial charge >= 0.3 is 0 Å². The van der Waals surface area contributed by atoms with Gasteiger partial charge in [0.25, 0.3) is 0 Å². The van der Waals surface area contributed by atoms with Gasteiger partial charge in [0.05, 0.1) is 16.9 Å². The Balaban J connectivity index is 1.65. The number of hydrogen-bond acceptors (Lipinski definition) is 2. The predicted octanol–water partition coefficient (Wildman–Crippen LogP) is 9.64. The Morgan fingerprint density at radius 3 is 1.86 bits per heavy atom. The Bertz CT molecular complexity index is 1840. The molecule has 5 aromatic rings. The standard InChI is InChI=1S/C42H37NO/c1-3-28-41(35-24-14-7-15-25-35)37-26-16-17-27-38(37)43(2)42(41)30-34(31-18-8-4-9-19-31)29-36(32-20-10-5-11-21-32)39(42)40(44)33-22-12-6-13-23-33/h4-27,29-30,39H,3,28H2,1-2H3/t39-,41+,42-/m1/s1. The number of allylic oxidation sites excluding steroid dienone is 2. The number of nitrogens with zero attached hydrogens (tertiary/aromatic N) is 1. The van der Waals surface area contributed by atoms with Crippen molar-refractivity contribution in [1.82, 2.24) is 0 Å². The molecule has 0 bridgehead atoms. The van der Waals surface area contributed by atoms with Crippen molar-refractivity contribution in [1.29, 1.82) is 0 Å². The highest BCUT2D eigenvalue weighted by Crippen LogP contribution is 2.64. The first-order chi connectivity index (χ1) is 21.6. The Labute approximate surface area is 261 Å². The lowest BCUT2D eigenvalue weighted by atomic mass is 9.52. The van der Waals surface area contributed by atoms with E-state index in [1.54, 1.807) is 0 Å². The van der Waals surface area contributed by atoms with Crippen molar-refractivity contribution in [2.75, 3.05) is 11.9 Å². The molecule has 0 N–H and O–H groups in total. The molecule has 216 valence electrons. The Hall–Kier alpha value is -4.95. The fraction of sp³-hybridized carbons (Fsp3) is 0.167. The molecule has 2 aliphatic rings. The summed E-state index contributed by atoms with van der Waals surface area (Å²) < 4.78 is 0. The number of likely N-dealkylation sites (N-methyl/N-ethyl adjacent to an activating group) is 1. The third-order valence-corrected chi connectivity index (χ3v) is 9.83. The maximum atomic E-state index is 15.3. The van der Waals surface area contributed by atoms with E-state index in [1.807, 2.05) is 36.4 Å². The minimum Gasteiger partial charge on any atom is -0.363 e. The van der Waals surface area contributed by atoms with Crippen LogP contribution in [-0.2, 0) is 5.41 Å². The van der Waals surface area contributed by atoms with E-state index in [1.165, 1.54) is 16.8 Å². The fourth-order valence-electron chi connectivity index (χ4n) is 8.09. The van der Waals surface area contributed by atoms with Crippen molar-refractivity contribution < 1.29 is 4.79 Å². The topological polar surface area (TPSA) is 20.3 Å². The van der Waals surface area contributed by atoms with Gasteiger partial charge in [-0.2, -0.15) is 0 Å². The zero-order chi connectivity index (χ0) is 30.1. The number of carbonyl (C=O) groups is 1. The van der Waals surface area contributed by atoms with E-state index in [4.69, 9.17) is 0 Å². The van der Waals surface area contributed by atoms with Gasteiger partial charge < -0.3 is 4.90 Å². The van der Waals surface area contributed by atoms with Crippen molar-refractivity contribution in [3.8, 4) is 0 Å². The quantitative estimate of drug-likeness (QED) is 0.181. The minimum absolute atomic E-state index is 0.139. The summed E-state index contributed by atoms with van der Waals surface area (Å²) in [6.45, 7) is 2.27. The van der Waals surface area contributed by atoms with Gasteiger partial charge in [-0.15, -0.1) is 0 Å². The van der Waals surface area contributed by atoms with Gasteiger partial charge in [-0.3, -0.25) is 4.79 Å². The highest BCUT2D eigenvalue weighted by atomic mass is 16.1. The SMILES string of the molecule is CCC[C@]1(c2ccccc2)c2ccccc2N(C)[C@@]12C=C(c1ccccc1)C=C(c1ccccc1)[C@@H]2C(=O)c1ccccc1. The Morgan fingerprint density at radius 2 is 1.23 bits per heavy atom. The largest absolute Gasteiger partial charge is 0.363 e. The molecule has 2 heteroatoms. The van der Waals surface area contributed by atoms with E-state index < -0.39 is 16.9 Å². The van der Waals surface area contributed by atoms with Gasteiger partial charge in [0.2, 0.25) is 0 Å². The van der Waals surface area contributed by atoms with Crippen LogP contribution < -0.4 is 4.90 Å². The summed E-state index contributed by atoms with van der Waals surface area (Å²) in [5.41, 5.74) is 7.59. The number of para-hydroxylation sites is 1. The van der Waals surface area contributed by atoms with Crippen LogP contribution in [0.1, 0.15) is 52.4 Å². The highest BCUT2D eigenvalue weighted by molar-refractivity contribution is 6.10. The van der Waals surface area contributed by atoms with Gasteiger partial charge in [-0.05, 0) is 58.0 Å². The second-order valence-electron chi connectivity index (χ2n) is 12.0. The van der Waals surface area contributed by atoms with E-state index >= 15 is 4.79 Å². The van der Waals surface area contributed by atoms with Gasteiger partial charge in [0.15, 0.2) is 5.78 Å². The van der Waals surface area contributed by atoms with Crippen LogP contribution in [-0.4, -0.2) is 18.4 Å². The van der Waals surface area contributed by atoms with Crippen molar-refractivity contribution in [3.63, 3.8) is 0 Å². The number of benzene rings is 5. The van der Waals surface area contributed by atoms with E-state index in [-0.39, 0.29) is 5.78 Å². The molecule has 44 heavy (non-hydrogen) atoms. The zero-order valence-corrected chi connectivity index (χ0v) is 25.4. The average molecular weight is 572 g/mol. The number of rotatable bonds is 7. The first kappa shape index (κ1) is 27.9. The molecule has 0 aromatic heterocycles. The summed E-state index contributed by atoms with van der Waals surface area (Å²) in [4.78, 5) is 17.8. The Morgan fingerprint density at radius 1 is 0.682 bits per heavy atom. The number of hydrogen-bond donors (Lipinski definition) is 0. The molecule has 1 heterocycles. The molecule has 0 fully saturated rings. The second-order valence-corrected chi connectivity index (χ2v) is 12.0. The molecule has 0 amide bonds. The Kier molecular flexibility index (Phi) is 7.14. The van der Waals surface area contributed by atoms with Crippen LogP contribution in [0.3, 0.4) is 0 Å². The molecule has 1 aliphatic carbocycles. The van der Waals surface area contributed by atoms with Crippen molar-refractivity contribution in [3.05, 3.63) is 186 Å². The van der Waals surface area contributed by atoms with Crippen LogP contribution in [0.25, 0.3) is 11.1 Å². The fourth-order valence-corrected chi connectivity index (χ4v) is 8.09. The molecule has 0 saturated carbocycles. The molecule has 1 spiro atoms. The summed E-state index contributed by atoms with van der Waals surface area (Å²) in [5, 5.41) is 0. The molecular formula is C42H37NO. The maximum Gasteiger partial charge on any atom is 0.173 e. The number of Topliss-reactive ketones (excluding diaryl/α,β-unsaturated/α-hetero) is 1. The molecule has 1 aliphatic heterocycles. The van der Waals surface area contributed by atoms with E-state index in [0.717, 1.165) is 40.7 Å². The first-order valence-corrected chi connectivity index (χ1v) is 15.7.